The lowest BCUT2D eigenvalue weighted by Crippen LogP contribution is -2.42. The van der Waals surface area contributed by atoms with Crippen molar-refractivity contribution in [3.63, 3.8) is 0 Å². The average molecular weight is 280 g/mol. The standard InChI is InChI=1S/C14H24N4O2/c1-18(14(17-15)16-9-4-10-19-2)11-12-5-7-13(20-3)8-6-12/h5-8H,4,9-11,15H2,1-3H3,(H,16,17). The molecule has 1 aromatic rings. The van der Waals surface area contributed by atoms with Crippen molar-refractivity contribution in [1.29, 1.82) is 0 Å². The van der Waals surface area contributed by atoms with Crippen LogP contribution in [0.5, 0.6) is 5.75 Å². The molecule has 20 heavy (non-hydrogen) atoms. The number of aliphatic imine (C=N–C) groups is 1. The molecule has 0 spiro atoms. The lowest BCUT2D eigenvalue weighted by Gasteiger charge is -2.20. The van der Waals surface area contributed by atoms with Crippen molar-refractivity contribution in [2.75, 3.05) is 34.4 Å². The predicted octanol–water partition coefficient (Wildman–Crippen LogP) is 0.983. The Balaban J connectivity index is 2.54. The van der Waals surface area contributed by atoms with Crippen molar-refractivity contribution in [2.45, 2.75) is 13.0 Å². The van der Waals surface area contributed by atoms with Crippen LogP contribution in [0, 0.1) is 0 Å². The average Bonchev–Trinajstić information content (AvgIpc) is 2.48. The minimum atomic E-state index is 0.664. The van der Waals surface area contributed by atoms with Crippen LogP contribution < -0.4 is 16.0 Å². The second kappa shape index (κ2) is 9.17. The van der Waals surface area contributed by atoms with Crippen LogP contribution in [0.3, 0.4) is 0 Å². The molecule has 0 amide bonds. The number of guanidine groups is 1. The summed E-state index contributed by atoms with van der Waals surface area (Å²) in [6, 6.07) is 7.92. The minimum absolute atomic E-state index is 0.664. The van der Waals surface area contributed by atoms with Gasteiger partial charge < -0.3 is 14.4 Å². The van der Waals surface area contributed by atoms with E-state index in [1.165, 1.54) is 0 Å². The number of ether oxygens (including phenoxy) is 2. The largest absolute Gasteiger partial charge is 0.497 e. The molecule has 0 unspecified atom stereocenters. The number of nitrogens with one attached hydrogen (secondary N) is 1. The Morgan fingerprint density at radius 2 is 2.00 bits per heavy atom. The third-order valence-electron chi connectivity index (χ3n) is 2.84. The summed E-state index contributed by atoms with van der Waals surface area (Å²) < 4.78 is 10.1. The number of nitrogens with two attached hydrogens (primary N) is 1. The second-order valence-corrected chi connectivity index (χ2v) is 4.40. The van der Waals surface area contributed by atoms with Gasteiger partial charge in [0.15, 0.2) is 0 Å². The maximum atomic E-state index is 5.51. The molecule has 0 aliphatic heterocycles. The maximum absolute atomic E-state index is 5.51. The first-order chi connectivity index (χ1) is 9.71. The number of benzene rings is 1. The molecule has 1 rings (SSSR count). The van der Waals surface area contributed by atoms with Gasteiger partial charge in [0, 0.05) is 33.9 Å². The molecule has 0 heterocycles. The molecule has 0 atom stereocenters. The Bertz CT molecular complexity index is 406. The number of hydrazine groups is 1. The summed E-state index contributed by atoms with van der Waals surface area (Å²) >= 11 is 0. The fraction of sp³-hybridized carbons (Fsp3) is 0.500. The number of hydrogen-bond donors (Lipinski definition) is 2. The van der Waals surface area contributed by atoms with E-state index in [-0.39, 0.29) is 0 Å². The van der Waals surface area contributed by atoms with E-state index in [9.17, 15) is 0 Å². The normalized spacial score (nSPS) is 11.3. The molecule has 0 aliphatic carbocycles. The van der Waals surface area contributed by atoms with E-state index in [2.05, 4.69) is 10.4 Å². The molecule has 0 bridgehead atoms. The minimum Gasteiger partial charge on any atom is -0.497 e. The highest BCUT2D eigenvalue weighted by Crippen LogP contribution is 2.12. The molecule has 6 heteroatoms. The van der Waals surface area contributed by atoms with Crippen molar-refractivity contribution in [3.8, 4) is 5.75 Å². The number of hydrogen-bond acceptors (Lipinski definition) is 4. The van der Waals surface area contributed by atoms with Gasteiger partial charge in [-0.15, -0.1) is 0 Å². The van der Waals surface area contributed by atoms with E-state index in [1.54, 1.807) is 14.2 Å². The number of methoxy groups -OCH3 is 2. The Hall–Kier alpha value is -1.79. The summed E-state index contributed by atoms with van der Waals surface area (Å²) in [4.78, 5) is 6.38. The zero-order chi connectivity index (χ0) is 14.8. The van der Waals surface area contributed by atoms with Crippen LogP contribution in [0.2, 0.25) is 0 Å². The topological polar surface area (TPSA) is 72.1 Å². The third-order valence-corrected chi connectivity index (χ3v) is 2.84. The molecule has 0 aromatic heterocycles. The maximum Gasteiger partial charge on any atom is 0.208 e. The first kappa shape index (κ1) is 16.3. The van der Waals surface area contributed by atoms with Gasteiger partial charge >= 0.3 is 0 Å². The predicted molar refractivity (Wildman–Crippen MR) is 80.6 cm³/mol. The summed E-state index contributed by atoms with van der Waals surface area (Å²) in [5.41, 5.74) is 3.79. The monoisotopic (exact) mass is 280 g/mol. The molecular formula is C14H24N4O2. The van der Waals surface area contributed by atoms with Gasteiger partial charge in [0.05, 0.1) is 7.11 Å². The van der Waals surface area contributed by atoms with Gasteiger partial charge in [0.25, 0.3) is 0 Å². The molecule has 0 aliphatic rings. The first-order valence-electron chi connectivity index (χ1n) is 6.55. The van der Waals surface area contributed by atoms with E-state index in [0.717, 1.165) is 24.3 Å². The van der Waals surface area contributed by atoms with Crippen LogP contribution in [0.4, 0.5) is 0 Å². The highest BCUT2D eigenvalue weighted by Gasteiger charge is 2.05. The zero-order valence-electron chi connectivity index (χ0n) is 12.4. The van der Waals surface area contributed by atoms with E-state index in [0.29, 0.717) is 19.1 Å². The Labute approximate surface area is 120 Å². The van der Waals surface area contributed by atoms with Crippen molar-refractivity contribution in [3.05, 3.63) is 29.8 Å². The highest BCUT2D eigenvalue weighted by atomic mass is 16.5. The Kier molecular flexibility index (Phi) is 7.46. The summed E-state index contributed by atoms with van der Waals surface area (Å²) in [5, 5.41) is 0. The lowest BCUT2D eigenvalue weighted by molar-refractivity contribution is 0.197. The number of nitrogens with zero attached hydrogens (tertiary/aromatic N) is 2. The SMILES string of the molecule is COCCCN=C(NN)N(C)Cc1ccc(OC)cc1. The van der Waals surface area contributed by atoms with Gasteiger partial charge in [-0.25, -0.2) is 5.84 Å². The first-order valence-corrected chi connectivity index (χ1v) is 6.55. The lowest BCUT2D eigenvalue weighted by atomic mass is 10.2. The van der Waals surface area contributed by atoms with Gasteiger partial charge in [0.1, 0.15) is 5.75 Å². The summed E-state index contributed by atoms with van der Waals surface area (Å²) in [6.07, 6.45) is 0.873. The molecule has 0 radical (unpaired) electrons. The van der Waals surface area contributed by atoms with E-state index >= 15 is 0 Å². The molecule has 0 saturated heterocycles. The van der Waals surface area contributed by atoms with Gasteiger partial charge in [-0.1, -0.05) is 12.1 Å². The second-order valence-electron chi connectivity index (χ2n) is 4.40. The van der Waals surface area contributed by atoms with Crippen molar-refractivity contribution < 1.29 is 9.47 Å². The van der Waals surface area contributed by atoms with E-state index in [4.69, 9.17) is 15.3 Å². The van der Waals surface area contributed by atoms with Crippen LogP contribution in [-0.4, -0.2) is 45.3 Å². The molecule has 0 fully saturated rings. The summed E-state index contributed by atoms with van der Waals surface area (Å²) in [6.45, 7) is 2.10. The van der Waals surface area contributed by atoms with Crippen molar-refractivity contribution in [2.24, 2.45) is 10.8 Å². The molecular weight excluding hydrogens is 256 g/mol. The van der Waals surface area contributed by atoms with Crippen molar-refractivity contribution >= 4 is 5.96 Å². The zero-order valence-corrected chi connectivity index (χ0v) is 12.4. The van der Waals surface area contributed by atoms with Gasteiger partial charge in [0.2, 0.25) is 5.96 Å². The molecule has 1 aromatic carbocycles. The highest BCUT2D eigenvalue weighted by molar-refractivity contribution is 5.79. The quantitative estimate of drug-likeness (QED) is 0.256. The van der Waals surface area contributed by atoms with Crippen LogP contribution in [-0.2, 0) is 11.3 Å². The third kappa shape index (κ3) is 5.46. The molecule has 112 valence electrons. The molecule has 6 nitrogen and oxygen atoms in total. The molecule has 0 saturated carbocycles. The Morgan fingerprint density at radius 1 is 1.30 bits per heavy atom. The fourth-order valence-electron chi connectivity index (χ4n) is 1.75. The Morgan fingerprint density at radius 3 is 2.55 bits per heavy atom. The van der Waals surface area contributed by atoms with Crippen LogP contribution in [0.15, 0.2) is 29.3 Å². The van der Waals surface area contributed by atoms with Crippen LogP contribution >= 0.6 is 0 Å². The smallest absolute Gasteiger partial charge is 0.208 e. The van der Waals surface area contributed by atoms with Gasteiger partial charge in [-0.2, -0.15) is 0 Å². The van der Waals surface area contributed by atoms with Gasteiger partial charge in [-0.05, 0) is 24.1 Å². The summed E-state index contributed by atoms with van der Waals surface area (Å²) in [7, 11) is 5.28. The summed E-state index contributed by atoms with van der Waals surface area (Å²) in [5.74, 6) is 7.03. The van der Waals surface area contributed by atoms with E-state index in [1.807, 2.05) is 36.2 Å². The van der Waals surface area contributed by atoms with Crippen molar-refractivity contribution in [1.82, 2.24) is 10.3 Å². The van der Waals surface area contributed by atoms with E-state index < -0.39 is 0 Å². The van der Waals surface area contributed by atoms with Crippen LogP contribution in [0.25, 0.3) is 0 Å². The number of rotatable bonds is 7. The van der Waals surface area contributed by atoms with Gasteiger partial charge in [-0.3, -0.25) is 10.4 Å². The van der Waals surface area contributed by atoms with Crippen LogP contribution in [0.1, 0.15) is 12.0 Å². The fourth-order valence-corrected chi connectivity index (χ4v) is 1.75. The molecule has 3 N–H and O–H groups in total.